The lowest BCUT2D eigenvalue weighted by atomic mass is 10.0. The second-order valence-corrected chi connectivity index (χ2v) is 7.56. The molecule has 0 fully saturated rings. The van der Waals surface area contributed by atoms with Crippen LogP contribution in [0.1, 0.15) is 18.2 Å². The molecule has 8 nitrogen and oxygen atoms in total. The van der Waals surface area contributed by atoms with Gasteiger partial charge in [0.2, 0.25) is 5.95 Å². The minimum absolute atomic E-state index is 0.303. The number of nitrogens with zero attached hydrogens (tertiary/aromatic N) is 3. The molecule has 1 unspecified atom stereocenters. The lowest BCUT2D eigenvalue weighted by molar-refractivity contribution is 0.297. The molecule has 6 rings (SSSR count). The molecular weight excluding hydrogens is 394 g/mol. The second kappa shape index (κ2) is 6.80. The molecule has 156 valence electrons. The van der Waals surface area contributed by atoms with Gasteiger partial charge < -0.3 is 19.9 Å². The molecule has 3 heterocycles. The van der Waals surface area contributed by atoms with Crippen LogP contribution in [0.25, 0.3) is 21.8 Å². The van der Waals surface area contributed by atoms with E-state index in [0.717, 1.165) is 39.5 Å². The van der Waals surface area contributed by atoms with Gasteiger partial charge in [0.05, 0.1) is 31.4 Å². The molecule has 0 saturated carbocycles. The Morgan fingerprint density at radius 3 is 2.74 bits per heavy atom. The van der Waals surface area contributed by atoms with Gasteiger partial charge in [0.1, 0.15) is 5.75 Å². The summed E-state index contributed by atoms with van der Waals surface area (Å²) in [5.41, 5.74) is 8.76. The highest BCUT2D eigenvalue weighted by atomic mass is 16.5. The van der Waals surface area contributed by atoms with Gasteiger partial charge in [-0.25, -0.2) is 9.98 Å². The standard InChI is InChI=1S/C23H21N5O3/c1-29-17-8-7-13-5-2-3-6-14(13)20(17)21-26-22(24)27-23-25-15-11-18-19(12-16(15)28(21)23)31-10-4-9-30-18/h2-3,5-8,11-12,21H,4,9-10H2,1H3,(H3,24,25,26,27). The Morgan fingerprint density at radius 2 is 1.90 bits per heavy atom. The Kier molecular flexibility index (Phi) is 3.92. The van der Waals surface area contributed by atoms with Gasteiger partial charge in [-0.15, -0.1) is 0 Å². The van der Waals surface area contributed by atoms with Crippen molar-refractivity contribution in [2.45, 2.75) is 12.6 Å². The summed E-state index contributed by atoms with van der Waals surface area (Å²) in [6, 6.07) is 16.1. The number of anilines is 1. The lowest BCUT2D eigenvalue weighted by Crippen LogP contribution is -2.31. The minimum atomic E-state index is -0.452. The van der Waals surface area contributed by atoms with E-state index in [1.165, 1.54) is 0 Å². The molecule has 0 saturated heterocycles. The van der Waals surface area contributed by atoms with E-state index in [2.05, 4.69) is 17.4 Å². The highest BCUT2D eigenvalue weighted by Gasteiger charge is 2.30. The van der Waals surface area contributed by atoms with Crippen LogP contribution in [0.15, 0.2) is 53.5 Å². The first-order chi connectivity index (χ1) is 15.2. The van der Waals surface area contributed by atoms with Crippen LogP contribution >= 0.6 is 0 Å². The third-order valence-corrected chi connectivity index (χ3v) is 5.71. The molecule has 3 N–H and O–H groups in total. The van der Waals surface area contributed by atoms with E-state index in [1.54, 1.807) is 7.11 Å². The van der Waals surface area contributed by atoms with Crippen LogP contribution in [0.2, 0.25) is 0 Å². The van der Waals surface area contributed by atoms with E-state index < -0.39 is 6.17 Å². The molecule has 0 bridgehead atoms. The first-order valence-electron chi connectivity index (χ1n) is 10.2. The van der Waals surface area contributed by atoms with E-state index in [1.807, 2.05) is 41.0 Å². The normalized spacial score (nSPS) is 17.6. The van der Waals surface area contributed by atoms with Crippen molar-refractivity contribution in [3.05, 3.63) is 54.1 Å². The number of guanidine groups is 1. The molecule has 1 aromatic heterocycles. The Bertz CT molecular complexity index is 1360. The summed E-state index contributed by atoms with van der Waals surface area (Å²) >= 11 is 0. The van der Waals surface area contributed by atoms with E-state index in [9.17, 15) is 0 Å². The van der Waals surface area contributed by atoms with Crippen molar-refractivity contribution in [3.8, 4) is 17.2 Å². The zero-order valence-electron chi connectivity index (χ0n) is 17.0. The van der Waals surface area contributed by atoms with Crippen LogP contribution in [0.4, 0.5) is 5.95 Å². The van der Waals surface area contributed by atoms with Crippen LogP contribution in [0.5, 0.6) is 17.2 Å². The highest BCUT2D eigenvalue weighted by molar-refractivity contribution is 5.96. The highest BCUT2D eigenvalue weighted by Crippen LogP contribution is 2.42. The molecule has 3 aromatic carbocycles. The van der Waals surface area contributed by atoms with Gasteiger partial charge in [-0.1, -0.05) is 30.3 Å². The largest absolute Gasteiger partial charge is 0.496 e. The Morgan fingerprint density at radius 1 is 1.10 bits per heavy atom. The third kappa shape index (κ3) is 2.75. The minimum Gasteiger partial charge on any atom is -0.496 e. The lowest BCUT2D eigenvalue weighted by Gasteiger charge is -2.26. The molecule has 4 aromatic rings. The number of nitrogens with one attached hydrogen (secondary N) is 1. The van der Waals surface area contributed by atoms with Crippen molar-refractivity contribution in [1.29, 1.82) is 0 Å². The number of imidazole rings is 1. The molecule has 0 amide bonds. The zero-order valence-corrected chi connectivity index (χ0v) is 17.0. The molecule has 1 atom stereocenters. The molecule has 31 heavy (non-hydrogen) atoms. The summed E-state index contributed by atoms with van der Waals surface area (Å²) in [6.45, 7) is 1.24. The first-order valence-corrected chi connectivity index (χ1v) is 10.2. The summed E-state index contributed by atoms with van der Waals surface area (Å²) in [5.74, 6) is 3.07. The van der Waals surface area contributed by atoms with Crippen molar-refractivity contribution in [1.82, 2.24) is 9.55 Å². The summed E-state index contributed by atoms with van der Waals surface area (Å²) in [6.07, 6.45) is 0.391. The zero-order chi connectivity index (χ0) is 20.9. The fourth-order valence-electron chi connectivity index (χ4n) is 4.34. The smallest absolute Gasteiger partial charge is 0.212 e. The summed E-state index contributed by atoms with van der Waals surface area (Å²) < 4.78 is 19.5. The molecule has 2 aliphatic rings. The summed E-state index contributed by atoms with van der Waals surface area (Å²) in [5, 5.41) is 5.24. The predicted molar refractivity (Wildman–Crippen MR) is 119 cm³/mol. The third-order valence-electron chi connectivity index (χ3n) is 5.71. The average molecular weight is 415 g/mol. The first kappa shape index (κ1) is 17.9. The van der Waals surface area contributed by atoms with Crippen LogP contribution in [0, 0.1) is 0 Å². The second-order valence-electron chi connectivity index (χ2n) is 7.56. The van der Waals surface area contributed by atoms with Crippen LogP contribution in [-0.4, -0.2) is 35.8 Å². The maximum absolute atomic E-state index is 6.17. The number of aliphatic imine (C=N–C) groups is 1. The van der Waals surface area contributed by atoms with Crippen LogP contribution in [0.3, 0.4) is 0 Å². The van der Waals surface area contributed by atoms with E-state index in [4.69, 9.17) is 29.9 Å². The molecular formula is C23H21N5O3. The number of aromatic nitrogens is 2. The number of ether oxygens (including phenoxy) is 3. The number of rotatable bonds is 2. The molecule has 8 heteroatoms. The predicted octanol–water partition coefficient (Wildman–Crippen LogP) is 3.65. The van der Waals surface area contributed by atoms with Gasteiger partial charge >= 0.3 is 0 Å². The fourth-order valence-corrected chi connectivity index (χ4v) is 4.34. The topological polar surface area (TPSA) is 95.9 Å². The maximum Gasteiger partial charge on any atom is 0.212 e. The van der Waals surface area contributed by atoms with Gasteiger partial charge in [0, 0.05) is 24.1 Å². The monoisotopic (exact) mass is 415 g/mol. The number of hydrogen-bond donors (Lipinski definition) is 2. The van der Waals surface area contributed by atoms with E-state index >= 15 is 0 Å². The Balaban J connectivity index is 1.63. The molecule has 0 aliphatic carbocycles. The van der Waals surface area contributed by atoms with Gasteiger partial charge in [0.15, 0.2) is 23.6 Å². The molecule has 0 spiro atoms. The van der Waals surface area contributed by atoms with Crippen molar-refractivity contribution in [2.75, 3.05) is 25.6 Å². The Labute approximate surface area is 178 Å². The van der Waals surface area contributed by atoms with Crippen molar-refractivity contribution in [2.24, 2.45) is 10.7 Å². The maximum atomic E-state index is 6.17. The average Bonchev–Trinajstić information content (AvgIpc) is 2.97. The van der Waals surface area contributed by atoms with Crippen LogP contribution < -0.4 is 25.3 Å². The molecule has 0 radical (unpaired) electrons. The van der Waals surface area contributed by atoms with Crippen LogP contribution in [-0.2, 0) is 0 Å². The number of methoxy groups -OCH3 is 1. The number of hydrogen-bond acceptors (Lipinski definition) is 7. The van der Waals surface area contributed by atoms with Crippen molar-refractivity contribution >= 4 is 33.7 Å². The number of nitrogens with two attached hydrogens (primary N) is 1. The number of fused-ring (bicyclic) bond motifs is 5. The van der Waals surface area contributed by atoms with E-state index in [-0.39, 0.29) is 0 Å². The molecule has 2 aliphatic heterocycles. The van der Waals surface area contributed by atoms with Gasteiger partial charge in [-0.05, 0) is 16.8 Å². The van der Waals surface area contributed by atoms with Gasteiger partial charge in [-0.3, -0.25) is 9.88 Å². The van der Waals surface area contributed by atoms with Crippen molar-refractivity contribution < 1.29 is 14.2 Å². The Hall–Kier alpha value is -3.94. The van der Waals surface area contributed by atoms with Gasteiger partial charge in [0.25, 0.3) is 0 Å². The quantitative estimate of drug-likeness (QED) is 0.519. The SMILES string of the molecule is COc1ccc2ccccc2c1C1N=C(N)Nc2nc3cc4c(cc3n21)OCCCO4. The van der Waals surface area contributed by atoms with Gasteiger partial charge in [-0.2, -0.15) is 0 Å². The summed E-state index contributed by atoms with van der Waals surface area (Å²) in [7, 11) is 1.67. The fraction of sp³-hybridized carbons (Fsp3) is 0.217. The number of benzene rings is 3. The van der Waals surface area contributed by atoms with E-state index in [0.29, 0.717) is 36.6 Å². The summed E-state index contributed by atoms with van der Waals surface area (Å²) in [4.78, 5) is 9.53. The van der Waals surface area contributed by atoms with Crippen molar-refractivity contribution in [3.63, 3.8) is 0 Å².